The van der Waals surface area contributed by atoms with E-state index >= 15 is 0 Å². The average Bonchev–Trinajstić information content (AvgIpc) is 3.15. The van der Waals surface area contributed by atoms with Crippen LogP contribution in [-0.4, -0.2) is 32.6 Å². The van der Waals surface area contributed by atoms with Crippen LogP contribution in [0.4, 0.5) is 0 Å². The summed E-state index contributed by atoms with van der Waals surface area (Å²) in [7, 11) is 0. The predicted molar refractivity (Wildman–Crippen MR) is 84.5 cm³/mol. The van der Waals surface area contributed by atoms with Crippen molar-refractivity contribution >= 4 is 17.7 Å². The first-order valence-electron chi connectivity index (χ1n) is 7.08. The van der Waals surface area contributed by atoms with Crippen molar-refractivity contribution in [1.29, 1.82) is 0 Å². The Labute approximate surface area is 133 Å². The number of thioether (sulfide) groups is 1. The summed E-state index contributed by atoms with van der Waals surface area (Å²) in [5.41, 5.74) is 0. The third-order valence-corrected chi connectivity index (χ3v) is 3.89. The smallest absolute Gasteiger partial charge is 0.319 e. The summed E-state index contributed by atoms with van der Waals surface area (Å²) in [5.74, 6) is 0.989. The minimum Gasteiger partial charge on any atom is -0.465 e. The van der Waals surface area contributed by atoms with Crippen molar-refractivity contribution in [1.82, 2.24) is 14.8 Å². The summed E-state index contributed by atoms with van der Waals surface area (Å²) in [6.45, 7) is 8.46. The van der Waals surface area contributed by atoms with Crippen LogP contribution in [0.1, 0.15) is 20.3 Å². The molecule has 0 fully saturated rings. The maximum absolute atomic E-state index is 11.9. The summed E-state index contributed by atoms with van der Waals surface area (Å²) in [6.07, 6.45) is 4.14. The lowest BCUT2D eigenvalue weighted by Gasteiger charge is -2.11. The highest BCUT2D eigenvalue weighted by molar-refractivity contribution is 8.00. The molecule has 0 radical (unpaired) electrons. The number of nitrogens with zero attached hydrogens (tertiary/aromatic N) is 3. The monoisotopic (exact) mass is 321 g/mol. The van der Waals surface area contributed by atoms with Crippen LogP contribution in [0.3, 0.4) is 0 Å². The molecule has 7 heteroatoms. The first kappa shape index (κ1) is 16.4. The molecule has 0 saturated carbocycles. The van der Waals surface area contributed by atoms with Crippen molar-refractivity contribution in [3.8, 4) is 11.6 Å². The van der Waals surface area contributed by atoms with Crippen LogP contribution in [0.25, 0.3) is 11.6 Å². The largest absolute Gasteiger partial charge is 0.465 e. The van der Waals surface area contributed by atoms with E-state index in [1.54, 1.807) is 25.3 Å². The Kier molecular flexibility index (Phi) is 5.83. The Morgan fingerprint density at radius 1 is 1.59 bits per heavy atom. The fourth-order valence-electron chi connectivity index (χ4n) is 1.78. The van der Waals surface area contributed by atoms with E-state index < -0.39 is 0 Å². The Bertz CT molecular complexity index is 622. The molecule has 0 aromatic carbocycles. The van der Waals surface area contributed by atoms with E-state index in [2.05, 4.69) is 16.8 Å². The van der Waals surface area contributed by atoms with Crippen molar-refractivity contribution < 1.29 is 13.9 Å². The van der Waals surface area contributed by atoms with Gasteiger partial charge >= 0.3 is 5.97 Å². The number of esters is 1. The molecule has 0 spiro atoms. The van der Waals surface area contributed by atoms with Crippen LogP contribution in [0.5, 0.6) is 0 Å². The quantitative estimate of drug-likeness (QED) is 0.422. The zero-order valence-electron chi connectivity index (χ0n) is 12.7. The van der Waals surface area contributed by atoms with E-state index in [1.165, 1.54) is 11.8 Å². The molecule has 2 rings (SSSR count). The topological polar surface area (TPSA) is 70.2 Å². The highest BCUT2D eigenvalue weighted by atomic mass is 32.2. The maximum Gasteiger partial charge on any atom is 0.319 e. The molecule has 6 nitrogen and oxygen atoms in total. The fourth-order valence-corrected chi connectivity index (χ4v) is 2.64. The van der Waals surface area contributed by atoms with Gasteiger partial charge in [-0.25, -0.2) is 0 Å². The lowest BCUT2D eigenvalue weighted by molar-refractivity contribution is -0.142. The van der Waals surface area contributed by atoms with Crippen LogP contribution in [0.15, 0.2) is 40.6 Å². The summed E-state index contributed by atoms with van der Waals surface area (Å²) >= 11 is 1.31. The van der Waals surface area contributed by atoms with Gasteiger partial charge in [-0.2, -0.15) is 0 Å². The maximum atomic E-state index is 11.9. The molecule has 0 bridgehead atoms. The van der Waals surface area contributed by atoms with Gasteiger partial charge in [0.15, 0.2) is 10.9 Å². The zero-order chi connectivity index (χ0) is 15.9. The molecule has 0 aliphatic heterocycles. The summed E-state index contributed by atoms with van der Waals surface area (Å²) in [4.78, 5) is 11.9. The summed E-state index contributed by atoms with van der Waals surface area (Å²) in [5, 5.41) is 8.58. The van der Waals surface area contributed by atoms with Gasteiger partial charge in [-0.3, -0.25) is 9.36 Å². The van der Waals surface area contributed by atoms with E-state index in [-0.39, 0.29) is 11.2 Å². The Morgan fingerprint density at radius 3 is 3.05 bits per heavy atom. The summed E-state index contributed by atoms with van der Waals surface area (Å²) < 4.78 is 12.4. The lowest BCUT2D eigenvalue weighted by Crippen LogP contribution is -2.18. The number of rotatable bonds is 8. The molecule has 2 heterocycles. The number of carbonyl (C=O) groups excluding carboxylic acids is 1. The van der Waals surface area contributed by atoms with Crippen LogP contribution in [0.2, 0.25) is 0 Å². The van der Waals surface area contributed by atoms with Crippen molar-refractivity contribution in [3.63, 3.8) is 0 Å². The normalized spacial score (nSPS) is 12.1. The van der Waals surface area contributed by atoms with Crippen LogP contribution in [-0.2, 0) is 16.1 Å². The second kappa shape index (κ2) is 7.84. The molecule has 118 valence electrons. The molecule has 1 atom stereocenters. The molecule has 0 aliphatic carbocycles. The Hall–Kier alpha value is -2.02. The summed E-state index contributed by atoms with van der Waals surface area (Å²) in [6, 6.07) is 3.61. The number of hydrogen-bond acceptors (Lipinski definition) is 6. The molecule has 22 heavy (non-hydrogen) atoms. The van der Waals surface area contributed by atoms with Gasteiger partial charge in [0, 0.05) is 6.54 Å². The van der Waals surface area contributed by atoms with Gasteiger partial charge in [0.25, 0.3) is 0 Å². The van der Waals surface area contributed by atoms with Crippen molar-refractivity contribution in [2.24, 2.45) is 0 Å². The third kappa shape index (κ3) is 3.79. The van der Waals surface area contributed by atoms with E-state index in [9.17, 15) is 4.79 Å². The standard InChI is InChI=1S/C15H19N3O3S/c1-4-8-18-13(12-7-6-10-20-12)16-17-15(18)22-11(3)14(19)21-9-5-2/h4,6-7,10-11H,1,5,8-9H2,2-3H3. The molecular formula is C15H19N3O3S. The first-order chi connectivity index (χ1) is 10.7. The predicted octanol–water partition coefficient (Wildman–Crippen LogP) is 3.16. The van der Waals surface area contributed by atoms with Gasteiger partial charge in [-0.05, 0) is 25.5 Å². The second-order valence-electron chi connectivity index (χ2n) is 4.61. The molecule has 0 aliphatic rings. The second-order valence-corrected chi connectivity index (χ2v) is 5.92. The number of ether oxygens (including phenoxy) is 1. The van der Waals surface area contributed by atoms with Gasteiger partial charge < -0.3 is 9.15 Å². The minimum absolute atomic E-state index is 0.250. The van der Waals surface area contributed by atoms with E-state index in [1.807, 2.05) is 17.6 Å². The van der Waals surface area contributed by atoms with Gasteiger partial charge in [-0.15, -0.1) is 16.8 Å². The number of allylic oxidation sites excluding steroid dienone is 1. The Morgan fingerprint density at radius 2 is 2.41 bits per heavy atom. The van der Waals surface area contributed by atoms with Gasteiger partial charge in [0.05, 0.1) is 12.9 Å². The molecule has 0 amide bonds. The van der Waals surface area contributed by atoms with Crippen molar-refractivity contribution in [2.45, 2.75) is 37.2 Å². The number of carbonyl (C=O) groups is 1. The average molecular weight is 321 g/mol. The lowest BCUT2D eigenvalue weighted by atomic mass is 10.4. The highest BCUT2D eigenvalue weighted by Crippen LogP contribution is 2.27. The van der Waals surface area contributed by atoms with Crippen LogP contribution in [0, 0.1) is 0 Å². The number of hydrogen-bond donors (Lipinski definition) is 0. The van der Waals surface area contributed by atoms with Crippen LogP contribution < -0.4 is 0 Å². The Balaban J connectivity index is 2.17. The third-order valence-electron chi connectivity index (χ3n) is 2.83. The fraction of sp³-hybridized carbons (Fsp3) is 0.400. The van der Waals surface area contributed by atoms with E-state index in [0.29, 0.717) is 29.9 Å². The zero-order valence-corrected chi connectivity index (χ0v) is 13.5. The molecule has 1 unspecified atom stereocenters. The molecule has 2 aromatic rings. The van der Waals surface area contributed by atoms with Gasteiger partial charge in [0.1, 0.15) is 5.25 Å². The first-order valence-corrected chi connectivity index (χ1v) is 7.96. The molecule has 0 N–H and O–H groups in total. The molecule has 0 saturated heterocycles. The van der Waals surface area contributed by atoms with Crippen molar-refractivity contribution in [2.75, 3.05) is 6.61 Å². The molecular weight excluding hydrogens is 302 g/mol. The number of aromatic nitrogens is 3. The van der Waals surface area contributed by atoms with Gasteiger partial charge in [0.2, 0.25) is 5.82 Å². The minimum atomic E-state index is -0.358. The highest BCUT2D eigenvalue weighted by Gasteiger charge is 2.22. The van der Waals surface area contributed by atoms with E-state index in [4.69, 9.17) is 9.15 Å². The SMILES string of the molecule is C=CCn1c(SC(C)C(=O)OCCC)nnc1-c1ccco1. The van der Waals surface area contributed by atoms with Crippen molar-refractivity contribution in [3.05, 3.63) is 31.1 Å². The van der Waals surface area contributed by atoms with E-state index in [0.717, 1.165) is 6.42 Å². The van der Waals surface area contributed by atoms with Crippen LogP contribution >= 0.6 is 11.8 Å². The van der Waals surface area contributed by atoms with Gasteiger partial charge in [-0.1, -0.05) is 24.8 Å². The number of furan rings is 1. The molecule has 2 aromatic heterocycles.